The number of halogens is 1. The van der Waals surface area contributed by atoms with Crippen molar-refractivity contribution in [1.29, 1.82) is 0 Å². The monoisotopic (exact) mass is 480 g/mol. The Kier molecular flexibility index (Phi) is 7.03. The van der Waals surface area contributed by atoms with E-state index in [9.17, 15) is 14.0 Å². The van der Waals surface area contributed by atoms with Crippen LogP contribution in [-0.2, 0) is 11.3 Å². The lowest BCUT2D eigenvalue weighted by Gasteiger charge is -2.12. The number of anilines is 1. The second kappa shape index (κ2) is 10.3. The van der Waals surface area contributed by atoms with E-state index in [0.29, 0.717) is 22.7 Å². The smallest absolute Gasteiger partial charge is 0.489 e. The number of ether oxygens (including phenoxy) is 3. The van der Waals surface area contributed by atoms with E-state index in [2.05, 4.69) is 10.3 Å². The van der Waals surface area contributed by atoms with Crippen molar-refractivity contribution in [2.75, 3.05) is 11.9 Å². The zero-order valence-electron chi connectivity index (χ0n) is 18.5. The molecule has 34 heavy (non-hydrogen) atoms. The molecule has 2 heterocycles. The summed E-state index contributed by atoms with van der Waals surface area (Å²) in [6.07, 6.45) is 2.38. The van der Waals surface area contributed by atoms with Crippen molar-refractivity contribution in [3.8, 4) is 11.5 Å². The highest BCUT2D eigenvalue weighted by atomic mass is 32.1. The average molecular weight is 481 g/mol. The van der Waals surface area contributed by atoms with Gasteiger partial charge in [0, 0.05) is 34.5 Å². The molecular formula is C25H21FN2O5S. The van der Waals surface area contributed by atoms with Gasteiger partial charge in [-0.05, 0) is 55.1 Å². The van der Waals surface area contributed by atoms with Crippen molar-refractivity contribution in [1.82, 2.24) is 4.98 Å². The Morgan fingerprint density at radius 2 is 1.88 bits per heavy atom. The van der Waals surface area contributed by atoms with Crippen LogP contribution in [0.3, 0.4) is 0 Å². The summed E-state index contributed by atoms with van der Waals surface area (Å²) < 4.78 is 30.0. The third-order valence-corrected chi connectivity index (χ3v) is 5.98. The van der Waals surface area contributed by atoms with Crippen LogP contribution in [-0.4, -0.2) is 23.7 Å². The lowest BCUT2D eigenvalue weighted by Crippen LogP contribution is -2.12. The first-order chi connectivity index (χ1) is 16.4. The molecule has 7 nitrogen and oxygen atoms in total. The molecule has 0 unspecified atom stereocenters. The standard InChI is InChI=1S/C25H21FN2O5S/c1-3-31-25(30)33-22-12-27-11-20-17(14-34-23(20)22)13-32-21-10-19(9-4-15(21)2)28-24(29)16-5-7-18(26)8-6-16/h4-12,14H,3,13H2,1-2H3,(H,28,29). The van der Waals surface area contributed by atoms with Gasteiger partial charge < -0.3 is 19.5 Å². The molecule has 0 atom stereocenters. The van der Waals surface area contributed by atoms with Crippen molar-refractivity contribution in [2.45, 2.75) is 20.5 Å². The molecule has 1 amide bonds. The Hall–Kier alpha value is -3.98. The summed E-state index contributed by atoms with van der Waals surface area (Å²) in [5.41, 5.74) is 2.67. The molecule has 1 N–H and O–H groups in total. The Balaban J connectivity index is 1.48. The second-order valence-corrected chi connectivity index (χ2v) is 8.17. The number of aromatic nitrogens is 1. The number of aryl methyl sites for hydroxylation is 1. The minimum absolute atomic E-state index is 0.217. The Labute approximate surface area is 199 Å². The zero-order valence-corrected chi connectivity index (χ0v) is 19.3. The quantitative estimate of drug-likeness (QED) is 0.321. The fourth-order valence-electron chi connectivity index (χ4n) is 3.19. The molecule has 174 valence electrons. The summed E-state index contributed by atoms with van der Waals surface area (Å²) in [5.74, 6) is 0.175. The highest BCUT2D eigenvalue weighted by molar-refractivity contribution is 7.17. The first kappa shape index (κ1) is 23.2. The van der Waals surface area contributed by atoms with Crippen LogP contribution in [0.4, 0.5) is 14.9 Å². The van der Waals surface area contributed by atoms with Gasteiger partial charge in [-0.3, -0.25) is 9.78 Å². The van der Waals surface area contributed by atoms with Gasteiger partial charge in [0.1, 0.15) is 18.2 Å². The number of carbonyl (C=O) groups is 2. The fraction of sp³-hybridized carbons (Fsp3) is 0.160. The molecule has 0 aliphatic carbocycles. The van der Waals surface area contributed by atoms with Crippen molar-refractivity contribution in [3.05, 3.63) is 82.7 Å². The Bertz CT molecular complexity index is 1340. The molecule has 0 fully saturated rings. The zero-order chi connectivity index (χ0) is 24.1. The SMILES string of the molecule is CCOC(=O)Oc1cncc2c(COc3cc(NC(=O)c4ccc(F)cc4)ccc3C)csc12. The molecule has 2 aromatic heterocycles. The molecule has 0 saturated heterocycles. The van der Waals surface area contributed by atoms with Gasteiger partial charge in [0.05, 0.1) is 17.5 Å². The van der Waals surface area contributed by atoms with Crippen molar-refractivity contribution >= 4 is 39.2 Å². The largest absolute Gasteiger partial charge is 0.513 e. The molecule has 0 spiro atoms. The first-order valence-electron chi connectivity index (χ1n) is 10.4. The second-order valence-electron chi connectivity index (χ2n) is 7.29. The van der Waals surface area contributed by atoms with Crippen LogP contribution < -0.4 is 14.8 Å². The van der Waals surface area contributed by atoms with Gasteiger partial charge in [0.15, 0.2) is 5.75 Å². The molecule has 0 radical (unpaired) electrons. The summed E-state index contributed by atoms with van der Waals surface area (Å²) in [5, 5.41) is 5.52. The number of hydrogen-bond donors (Lipinski definition) is 1. The van der Waals surface area contributed by atoms with Gasteiger partial charge in [-0.2, -0.15) is 0 Å². The van der Waals surface area contributed by atoms with Gasteiger partial charge in [-0.25, -0.2) is 9.18 Å². The van der Waals surface area contributed by atoms with Crippen LogP contribution >= 0.6 is 11.3 Å². The van der Waals surface area contributed by atoms with Crippen molar-refractivity contribution in [2.24, 2.45) is 0 Å². The van der Waals surface area contributed by atoms with E-state index in [1.54, 1.807) is 25.3 Å². The van der Waals surface area contributed by atoms with Crippen LogP contribution in [0.1, 0.15) is 28.4 Å². The minimum atomic E-state index is -0.780. The maximum absolute atomic E-state index is 13.1. The molecule has 4 rings (SSSR count). The van der Waals surface area contributed by atoms with Crippen LogP contribution in [0, 0.1) is 12.7 Å². The number of fused-ring (bicyclic) bond motifs is 1. The average Bonchev–Trinajstić information content (AvgIpc) is 3.24. The molecule has 0 aliphatic heterocycles. The minimum Gasteiger partial charge on any atom is -0.489 e. The number of nitrogens with zero attached hydrogens (tertiary/aromatic N) is 1. The highest BCUT2D eigenvalue weighted by Crippen LogP contribution is 2.34. The van der Waals surface area contributed by atoms with Gasteiger partial charge in [-0.1, -0.05) is 6.07 Å². The Morgan fingerprint density at radius 1 is 1.09 bits per heavy atom. The summed E-state index contributed by atoms with van der Waals surface area (Å²) in [7, 11) is 0. The number of amides is 1. The van der Waals surface area contributed by atoms with Crippen LogP contribution in [0.5, 0.6) is 11.5 Å². The van der Waals surface area contributed by atoms with Crippen LogP contribution in [0.25, 0.3) is 10.1 Å². The summed E-state index contributed by atoms with van der Waals surface area (Å²) in [6, 6.07) is 10.7. The maximum Gasteiger partial charge on any atom is 0.513 e. The predicted molar refractivity (Wildman–Crippen MR) is 127 cm³/mol. The van der Waals surface area contributed by atoms with E-state index < -0.39 is 12.0 Å². The molecule has 9 heteroatoms. The van der Waals surface area contributed by atoms with E-state index in [-0.39, 0.29) is 19.1 Å². The fourth-order valence-corrected chi connectivity index (χ4v) is 4.16. The van der Waals surface area contributed by atoms with E-state index in [0.717, 1.165) is 21.2 Å². The van der Waals surface area contributed by atoms with E-state index in [1.807, 2.05) is 18.4 Å². The number of benzene rings is 2. The summed E-state index contributed by atoms with van der Waals surface area (Å²) in [6.45, 7) is 4.07. The van der Waals surface area contributed by atoms with Crippen LogP contribution in [0.2, 0.25) is 0 Å². The number of pyridine rings is 1. The summed E-state index contributed by atoms with van der Waals surface area (Å²) in [4.78, 5) is 28.3. The number of thiophene rings is 1. The molecular weight excluding hydrogens is 459 g/mol. The molecule has 2 aromatic carbocycles. The number of rotatable bonds is 7. The normalized spacial score (nSPS) is 10.7. The molecule has 0 aliphatic rings. The number of hydrogen-bond acceptors (Lipinski definition) is 7. The first-order valence-corrected chi connectivity index (χ1v) is 11.3. The topological polar surface area (TPSA) is 86.8 Å². The van der Waals surface area contributed by atoms with E-state index in [4.69, 9.17) is 14.2 Å². The van der Waals surface area contributed by atoms with E-state index in [1.165, 1.54) is 41.8 Å². The summed E-state index contributed by atoms with van der Waals surface area (Å²) >= 11 is 1.41. The van der Waals surface area contributed by atoms with Crippen molar-refractivity contribution < 1.29 is 28.2 Å². The molecule has 0 saturated carbocycles. The van der Waals surface area contributed by atoms with Gasteiger partial charge in [0.2, 0.25) is 0 Å². The third-order valence-electron chi connectivity index (χ3n) is 4.92. The van der Waals surface area contributed by atoms with E-state index >= 15 is 0 Å². The van der Waals surface area contributed by atoms with Gasteiger partial charge in [-0.15, -0.1) is 11.3 Å². The van der Waals surface area contributed by atoms with Gasteiger partial charge >= 0.3 is 6.16 Å². The maximum atomic E-state index is 13.1. The number of carbonyl (C=O) groups excluding carboxylic acids is 2. The molecule has 4 aromatic rings. The third kappa shape index (κ3) is 5.32. The lowest BCUT2D eigenvalue weighted by atomic mass is 10.1. The lowest BCUT2D eigenvalue weighted by molar-refractivity contribution is 0.102. The highest BCUT2D eigenvalue weighted by Gasteiger charge is 2.15. The Morgan fingerprint density at radius 3 is 2.65 bits per heavy atom. The molecule has 0 bridgehead atoms. The number of nitrogens with one attached hydrogen (secondary N) is 1. The van der Waals surface area contributed by atoms with Gasteiger partial charge in [0.25, 0.3) is 5.91 Å². The van der Waals surface area contributed by atoms with Crippen molar-refractivity contribution in [3.63, 3.8) is 0 Å². The van der Waals surface area contributed by atoms with Crippen LogP contribution in [0.15, 0.2) is 60.2 Å². The predicted octanol–water partition coefficient (Wildman–Crippen LogP) is 6.11.